The number of rotatable bonds is 8. The van der Waals surface area contributed by atoms with Crippen molar-refractivity contribution in [3.8, 4) is 11.6 Å². The molecule has 1 aliphatic carbocycles. The van der Waals surface area contributed by atoms with Gasteiger partial charge in [-0.2, -0.15) is 5.12 Å². The third-order valence-corrected chi connectivity index (χ3v) is 6.85. The predicted molar refractivity (Wildman–Crippen MR) is 134 cm³/mol. The third-order valence-electron chi connectivity index (χ3n) is 6.10. The van der Waals surface area contributed by atoms with Gasteiger partial charge < -0.3 is 10.1 Å². The number of amides is 2. The standard InChI is InChI=1S/C27H28FN3O3S/c1-35-23-15-13-22(14-16-23)34-26-24(8-5-17-29-26)25(32)30-21-11-9-20(10-12-21)27(33)31(28)18-19-6-3-2-4-7-19/h2-8,13-17,20-21H,9-12,18H2,1H3,(H,30,32). The van der Waals surface area contributed by atoms with Crippen LogP contribution in [0.3, 0.4) is 0 Å². The molecule has 0 atom stereocenters. The number of nitrogens with zero attached hydrogens (tertiary/aromatic N) is 2. The van der Waals surface area contributed by atoms with Crippen molar-refractivity contribution in [2.24, 2.45) is 5.92 Å². The van der Waals surface area contributed by atoms with Crippen LogP contribution in [0.15, 0.2) is 77.8 Å². The molecule has 2 aromatic carbocycles. The van der Waals surface area contributed by atoms with E-state index in [2.05, 4.69) is 10.3 Å². The smallest absolute Gasteiger partial charge is 0.257 e. The molecule has 8 heteroatoms. The summed E-state index contributed by atoms with van der Waals surface area (Å²) in [6.07, 6.45) is 5.84. The highest BCUT2D eigenvalue weighted by Crippen LogP contribution is 2.29. The van der Waals surface area contributed by atoms with Crippen LogP contribution in [0.1, 0.15) is 41.6 Å². The number of carbonyl (C=O) groups is 2. The maximum Gasteiger partial charge on any atom is 0.257 e. The highest BCUT2D eigenvalue weighted by atomic mass is 32.2. The number of hydrogen-bond acceptors (Lipinski definition) is 5. The minimum Gasteiger partial charge on any atom is -0.438 e. The maximum atomic E-state index is 14.5. The molecule has 0 bridgehead atoms. The van der Waals surface area contributed by atoms with Gasteiger partial charge >= 0.3 is 0 Å². The average Bonchev–Trinajstić information content (AvgIpc) is 2.90. The van der Waals surface area contributed by atoms with Crippen LogP contribution in [-0.2, 0) is 11.3 Å². The van der Waals surface area contributed by atoms with Crippen molar-refractivity contribution in [2.75, 3.05) is 6.26 Å². The second-order valence-electron chi connectivity index (χ2n) is 8.50. The quantitative estimate of drug-likeness (QED) is 0.317. The molecule has 182 valence electrons. The lowest BCUT2D eigenvalue weighted by molar-refractivity contribution is -0.153. The van der Waals surface area contributed by atoms with E-state index in [0.717, 1.165) is 10.5 Å². The van der Waals surface area contributed by atoms with Crippen LogP contribution < -0.4 is 10.1 Å². The van der Waals surface area contributed by atoms with Crippen LogP contribution in [0.5, 0.6) is 11.6 Å². The highest BCUT2D eigenvalue weighted by molar-refractivity contribution is 7.98. The molecule has 0 spiro atoms. The monoisotopic (exact) mass is 493 g/mol. The molecule has 3 aromatic rings. The van der Waals surface area contributed by atoms with E-state index in [1.807, 2.05) is 48.7 Å². The van der Waals surface area contributed by atoms with Crippen LogP contribution >= 0.6 is 11.8 Å². The Kier molecular flexibility index (Phi) is 8.36. The van der Waals surface area contributed by atoms with Gasteiger partial charge in [-0.15, -0.1) is 11.8 Å². The van der Waals surface area contributed by atoms with E-state index in [-0.39, 0.29) is 30.3 Å². The Balaban J connectivity index is 1.31. The Bertz CT molecular complexity index is 1140. The summed E-state index contributed by atoms with van der Waals surface area (Å²) >= 11 is 1.63. The first-order valence-corrected chi connectivity index (χ1v) is 12.8. The summed E-state index contributed by atoms with van der Waals surface area (Å²) in [7, 11) is 0. The summed E-state index contributed by atoms with van der Waals surface area (Å²) < 4.78 is 20.3. The van der Waals surface area contributed by atoms with Gasteiger partial charge in [0.25, 0.3) is 11.8 Å². The lowest BCUT2D eigenvalue weighted by atomic mass is 9.85. The Morgan fingerprint density at radius 3 is 2.43 bits per heavy atom. The number of halogens is 1. The molecule has 0 aliphatic heterocycles. The van der Waals surface area contributed by atoms with Gasteiger partial charge in [-0.05, 0) is 73.9 Å². The van der Waals surface area contributed by atoms with Crippen LogP contribution in [-0.4, -0.2) is 34.2 Å². The van der Waals surface area contributed by atoms with Crippen molar-refractivity contribution in [1.82, 2.24) is 15.4 Å². The number of hydrogen-bond donors (Lipinski definition) is 1. The largest absolute Gasteiger partial charge is 0.438 e. The van der Waals surface area contributed by atoms with Gasteiger partial charge in [-0.1, -0.05) is 34.8 Å². The highest BCUT2D eigenvalue weighted by Gasteiger charge is 2.31. The Hall–Kier alpha value is -3.39. The average molecular weight is 494 g/mol. The summed E-state index contributed by atoms with van der Waals surface area (Å²) in [5.74, 6) is -0.312. The van der Waals surface area contributed by atoms with Crippen LogP contribution in [0.4, 0.5) is 4.48 Å². The third kappa shape index (κ3) is 6.60. The molecule has 1 N–H and O–H groups in total. The van der Waals surface area contributed by atoms with Crippen LogP contribution in [0.2, 0.25) is 0 Å². The molecule has 6 nitrogen and oxygen atoms in total. The van der Waals surface area contributed by atoms with Gasteiger partial charge in [0.15, 0.2) is 0 Å². The maximum absolute atomic E-state index is 14.5. The lowest BCUT2D eigenvalue weighted by Gasteiger charge is -2.29. The Morgan fingerprint density at radius 2 is 1.74 bits per heavy atom. The van der Waals surface area contributed by atoms with E-state index in [9.17, 15) is 14.1 Å². The number of benzene rings is 2. The number of pyridine rings is 1. The van der Waals surface area contributed by atoms with Crippen LogP contribution in [0.25, 0.3) is 0 Å². The van der Waals surface area contributed by atoms with Gasteiger partial charge in [-0.3, -0.25) is 9.59 Å². The number of nitrogens with one attached hydrogen (secondary N) is 1. The Morgan fingerprint density at radius 1 is 1.03 bits per heavy atom. The molecule has 35 heavy (non-hydrogen) atoms. The fourth-order valence-electron chi connectivity index (χ4n) is 4.17. The molecule has 0 saturated heterocycles. The molecule has 1 aliphatic rings. The molecule has 0 unspecified atom stereocenters. The molecule has 1 heterocycles. The van der Waals surface area contributed by atoms with E-state index in [1.165, 1.54) is 0 Å². The Labute approximate surface area is 208 Å². The fourth-order valence-corrected chi connectivity index (χ4v) is 4.58. The van der Waals surface area contributed by atoms with E-state index < -0.39 is 5.91 Å². The van der Waals surface area contributed by atoms with Crippen molar-refractivity contribution >= 4 is 23.6 Å². The minimum atomic E-state index is -0.492. The first-order chi connectivity index (χ1) is 17.0. The molecular formula is C27H28FN3O3S. The molecule has 1 fully saturated rings. The number of aromatic nitrogens is 1. The van der Waals surface area contributed by atoms with Gasteiger partial charge in [-0.25, -0.2) is 4.98 Å². The summed E-state index contributed by atoms with van der Waals surface area (Å²) in [6, 6.07) is 19.9. The predicted octanol–water partition coefficient (Wildman–Crippen LogP) is 5.80. The lowest BCUT2D eigenvalue weighted by Crippen LogP contribution is -2.40. The SMILES string of the molecule is CSc1ccc(Oc2ncccc2C(=O)NC2CCC(C(=O)N(F)Cc3ccccc3)CC2)cc1. The summed E-state index contributed by atoms with van der Waals surface area (Å²) in [5.41, 5.74) is 1.09. The van der Waals surface area contributed by atoms with Gasteiger partial charge in [0.05, 0.1) is 6.54 Å². The van der Waals surface area contributed by atoms with Crippen molar-refractivity contribution in [2.45, 2.75) is 43.2 Å². The van der Waals surface area contributed by atoms with Gasteiger partial charge in [0, 0.05) is 23.1 Å². The van der Waals surface area contributed by atoms with E-state index in [0.29, 0.717) is 42.1 Å². The summed E-state index contributed by atoms with van der Waals surface area (Å²) in [6.45, 7) is -0.0554. The van der Waals surface area contributed by atoms with Gasteiger partial charge in [0.2, 0.25) is 5.88 Å². The molecule has 1 saturated carbocycles. The number of thioether (sulfide) groups is 1. The second-order valence-corrected chi connectivity index (χ2v) is 9.38. The molecule has 4 rings (SSSR count). The number of ether oxygens (including phenoxy) is 1. The van der Waals surface area contributed by atoms with E-state index in [4.69, 9.17) is 4.74 Å². The van der Waals surface area contributed by atoms with Crippen molar-refractivity contribution in [3.05, 3.63) is 84.1 Å². The zero-order chi connectivity index (χ0) is 24.6. The van der Waals surface area contributed by atoms with Crippen LogP contribution in [0, 0.1) is 5.92 Å². The second kappa shape index (κ2) is 11.8. The van der Waals surface area contributed by atoms with Crippen molar-refractivity contribution < 1.29 is 18.8 Å². The van der Waals surface area contributed by atoms with E-state index >= 15 is 0 Å². The molecular weight excluding hydrogens is 465 g/mol. The molecule has 2 amide bonds. The zero-order valence-corrected chi connectivity index (χ0v) is 20.3. The zero-order valence-electron chi connectivity index (χ0n) is 19.5. The summed E-state index contributed by atoms with van der Waals surface area (Å²) in [4.78, 5) is 30.9. The normalized spacial score (nSPS) is 17.4. The molecule has 1 aromatic heterocycles. The first-order valence-electron chi connectivity index (χ1n) is 11.6. The minimum absolute atomic E-state index is 0.0554. The van der Waals surface area contributed by atoms with Gasteiger partial charge in [0.1, 0.15) is 11.3 Å². The first kappa shape index (κ1) is 24.7. The number of carbonyl (C=O) groups excluding carboxylic acids is 2. The summed E-state index contributed by atoms with van der Waals surface area (Å²) in [5, 5.41) is 3.34. The van der Waals surface area contributed by atoms with Crippen molar-refractivity contribution in [1.29, 1.82) is 0 Å². The van der Waals surface area contributed by atoms with Crippen molar-refractivity contribution in [3.63, 3.8) is 0 Å². The topological polar surface area (TPSA) is 71.5 Å². The van der Waals surface area contributed by atoms with E-state index in [1.54, 1.807) is 42.2 Å². The molecule has 0 radical (unpaired) electrons. The fraction of sp³-hybridized carbons (Fsp3) is 0.296.